The number of carbonyl (C=O) groups excluding carboxylic acids is 1. The van der Waals surface area contributed by atoms with Gasteiger partial charge in [0.05, 0.1) is 0 Å². The van der Waals surface area contributed by atoms with Gasteiger partial charge in [-0.25, -0.2) is 4.39 Å². The third kappa shape index (κ3) is 5.58. The van der Waals surface area contributed by atoms with Gasteiger partial charge < -0.3 is 10.6 Å². The molecule has 2 rings (SSSR count). The first kappa shape index (κ1) is 18.9. The van der Waals surface area contributed by atoms with Gasteiger partial charge in [0.1, 0.15) is 5.82 Å². The molecule has 0 aliphatic carbocycles. The Hall–Kier alpha value is -1.13. The van der Waals surface area contributed by atoms with Crippen LogP contribution >= 0.6 is 12.4 Å². The van der Waals surface area contributed by atoms with E-state index in [9.17, 15) is 9.18 Å². The van der Waals surface area contributed by atoms with E-state index in [1.807, 2.05) is 0 Å². The second kappa shape index (κ2) is 8.49. The summed E-state index contributed by atoms with van der Waals surface area (Å²) in [6.45, 7) is 6.79. The average Bonchev–Trinajstić information content (AvgIpc) is 2.97. The van der Waals surface area contributed by atoms with Crippen molar-refractivity contribution in [3.05, 3.63) is 35.6 Å². The van der Waals surface area contributed by atoms with Gasteiger partial charge in [0.15, 0.2) is 0 Å². The van der Waals surface area contributed by atoms with Gasteiger partial charge in [0.2, 0.25) is 5.91 Å². The Morgan fingerprint density at radius 1 is 1.36 bits per heavy atom. The molecule has 1 amide bonds. The zero-order valence-corrected chi connectivity index (χ0v) is 14.1. The molecule has 2 N–H and O–H groups in total. The van der Waals surface area contributed by atoms with Crippen LogP contribution in [0.1, 0.15) is 38.7 Å². The predicted octanol–water partition coefficient (Wildman–Crippen LogP) is 3.03. The number of halogens is 2. The summed E-state index contributed by atoms with van der Waals surface area (Å²) in [6, 6.07) is 6.50. The molecule has 1 atom stereocenters. The summed E-state index contributed by atoms with van der Waals surface area (Å²) in [7, 11) is 0. The van der Waals surface area contributed by atoms with Gasteiger partial charge in [0.25, 0.3) is 0 Å². The minimum absolute atomic E-state index is 0. The number of benzene rings is 1. The van der Waals surface area contributed by atoms with Crippen LogP contribution in [0.15, 0.2) is 24.3 Å². The summed E-state index contributed by atoms with van der Waals surface area (Å²) in [6.07, 6.45) is 2.72. The van der Waals surface area contributed by atoms with E-state index in [1.54, 1.807) is 12.1 Å². The van der Waals surface area contributed by atoms with Gasteiger partial charge in [-0.3, -0.25) is 4.79 Å². The summed E-state index contributed by atoms with van der Waals surface area (Å²) in [4.78, 5) is 11.9. The maximum atomic E-state index is 13.0. The minimum Gasteiger partial charge on any atom is -0.355 e. The van der Waals surface area contributed by atoms with Gasteiger partial charge >= 0.3 is 0 Å². The molecule has 0 spiro atoms. The van der Waals surface area contributed by atoms with Gasteiger partial charge in [-0.05, 0) is 49.5 Å². The Bertz CT molecular complexity index is 470. The maximum Gasteiger partial charge on any atom is 0.220 e. The highest BCUT2D eigenvalue weighted by Gasteiger charge is 2.22. The monoisotopic (exact) mass is 328 g/mol. The van der Waals surface area contributed by atoms with Crippen molar-refractivity contribution >= 4 is 18.3 Å². The summed E-state index contributed by atoms with van der Waals surface area (Å²) >= 11 is 0. The van der Waals surface area contributed by atoms with Crippen LogP contribution in [0, 0.1) is 11.7 Å². The van der Waals surface area contributed by atoms with Crippen LogP contribution in [-0.4, -0.2) is 25.5 Å². The summed E-state index contributed by atoms with van der Waals surface area (Å²) in [5, 5.41) is 6.32. The fourth-order valence-electron chi connectivity index (χ4n) is 2.71. The zero-order chi connectivity index (χ0) is 15.3. The summed E-state index contributed by atoms with van der Waals surface area (Å²) in [5.41, 5.74) is 0.836. The highest BCUT2D eigenvalue weighted by Crippen LogP contribution is 2.22. The molecular formula is C17H26ClFN2O. The Kier molecular flexibility index (Phi) is 7.30. The van der Waals surface area contributed by atoms with E-state index >= 15 is 0 Å². The van der Waals surface area contributed by atoms with Crippen LogP contribution in [0.4, 0.5) is 4.39 Å². The molecule has 1 unspecified atom stereocenters. The van der Waals surface area contributed by atoms with E-state index in [-0.39, 0.29) is 29.5 Å². The molecule has 1 heterocycles. The lowest BCUT2D eigenvalue weighted by Crippen LogP contribution is -2.36. The third-order valence-corrected chi connectivity index (χ3v) is 4.30. The lowest BCUT2D eigenvalue weighted by molar-refractivity contribution is -0.121. The van der Waals surface area contributed by atoms with E-state index in [0.717, 1.165) is 25.1 Å². The smallest absolute Gasteiger partial charge is 0.220 e. The molecule has 0 aromatic heterocycles. The molecule has 1 fully saturated rings. The van der Waals surface area contributed by atoms with Crippen molar-refractivity contribution < 1.29 is 9.18 Å². The normalized spacial score (nSPS) is 17.9. The molecule has 0 radical (unpaired) electrons. The maximum absolute atomic E-state index is 13.0. The highest BCUT2D eigenvalue weighted by molar-refractivity contribution is 5.85. The van der Waals surface area contributed by atoms with Gasteiger partial charge in [-0.2, -0.15) is 0 Å². The molecule has 5 heteroatoms. The van der Waals surface area contributed by atoms with Crippen molar-refractivity contribution in [2.75, 3.05) is 19.6 Å². The van der Waals surface area contributed by atoms with Crippen molar-refractivity contribution in [2.24, 2.45) is 5.92 Å². The van der Waals surface area contributed by atoms with Crippen molar-refractivity contribution in [3.63, 3.8) is 0 Å². The standard InChI is InChI=1S/C17H25FN2O.ClH/c1-17(2,14-4-6-15(18)7-5-14)12-20-16(21)8-3-13-9-10-19-11-13;/h4-7,13,19H,3,8-12H2,1-2H3,(H,20,21);1H. The van der Waals surface area contributed by atoms with Crippen LogP contribution in [0.3, 0.4) is 0 Å². The van der Waals surface area contributed by atoms with Crippen LogP contribution in [0.25, 0.3) is 0 Å². The summed E-state index contributed by atoms with van der Waals surface area (Å²) in [5.74, 6) is 0.515. The van der Waals surface area contributed by atoms with Gasteiger partial charge in [-0.15, -0.1) is 12.4 Å². The van der Waals surface area contributed by atoms with Crippen LogP contribution < -0.4 is 10.6 Å². The predicted molar refractivity (Wildman–Crippen MR) is 89.9 cm³/mol. The van der Waals surface area contributed by atoms with Gasteiger partial charge in [-0.1, -0.05) is 26.0 Å². The molecule has 1 aromatic rings. The van der Waals surface area contributed by atoms with Crippen molar-refractivity contribution in [1.82, 2.24) is 10.6 Å². The van der Waals surface area contributed by atoms with Crippen LogP contribution in [0.5, 0.6) is 0 Å². The van der Waals surface area contributed by atoms with Gasteiger partial charge in [0, 0.05) is 18.4 Å². The number of hydrogen-bond acceptors (Lipinski definition) is 2. The molecular weight excluding hydrogens is 303 g/mol. The van der Waals surface area contributed by atoms with Crippen molar-refractivity contribution in [1.29, 1.82) is 0 Å². The quantitative estimate of drug-likeness (QED) is 0.842. The molecule has 124 valence electrons. The van der Waals surface area contributed by atoms with E-state index in [4.69, 9.17) is 0 Å². The van der Waals surface area contributed by atoms with Crippen LogP contribution in [0.2, 0.25) is 0 Å². The molecule has 1 aromatic carbocycles. The minimum atomic E-state index is -0.233. The molecule has 0 saturated carbocycles. The second-order valence-corrected chi connectivity index (χ2v) is 6.57. The van der Waals surface area contributed by atoms with Crippen LogP contribution in [-0.2, 0) is 10.2 Å². The highest BCUT2D eigenvalue weighted by atomic mass is 35.5. The number of rotatable bonds is 6. The van der Waals surface area contributed by atoms with E-state index in [0.29, 0.717) is 18.9 Å². The SMILES string of the molecule is CC(C)(CNC(=O)CCC1CCNC1)c1ccc(F)cc1.Cl. The largest absolute Gasteiger partial charge is 0.355 e. The topological polar surface area (TPSA) is 41.1 Å². The number of amides is 1. The number of carbonyl (C=O) groups is 1. The average molecular weight is 329 g/mol. The number of hydrogen-bond donors (Lipinski definition) is 2. The van der Waals surface area contributed by atoms with E-state index < -0.39 is 0 Å². The lowest BCUT2D eigenvalue weighted by atomic mass is 9.84. The second-order valence-electron chi connectivity index (χ2n) is 6.57. The summed E-state index contributed by atoms with van der Waals surface area (Å²) < 4.78 is 13.0. The number of nitrogens with one attached hydrogen (secondary N) is 2. The zero-order valence-electron chi connectivity index (χ0n) is 13.3. The molecule has 0 bridgehead atoms. The molecule has 3 nitrogen and oxygen atoms in total. The first-order chi connectivity index (χ1) is 9.97. The Morgan fingerprint density at radius 3 is 2.64 bits per heavy atom. The first-order valence-corrected chi connectivity index (χ1v) is 7.71. The first-order valence-electron chi connectivity index (χ1n) is 7.71. The Morgan fingerprint density at radius 2 is 2.05 bits per heavy atom. The fourth-order valence-corrected chi connectivity index (χ4v) is 2.71. The van der Waals surface area contributed by atoms with E-state index in [1.165, 1.54) is 18.6 Å². The van der Waals surface area contributed by atoms with E-state index in [2.05, 4.69) is 24.5 Å². The van der Waals surface area contributed by atoms with Crippen molar-refractivity contribution in [3.8, 4) is 0 Å². The third-order valence-electron chi connectivity index (χ3n) is 4.30. The Labute approximate surface area is 138 Å². The molecule has 22 heavy (non-hydrogen) atoms. The van der Waals surface area contributed by atoms with Crippen molar-refractivity contribution in [2.45, 2.75) is 38.5 Å². The fraction of sp³-hybridized carbons (Fsp3) is 0.588. The Balaban J connectivity index is 0.00000242. The molecule has 1 aliphatic heterocycles. The molecule has 1 aliphatic rings. The molecule has 1 saturated heterocycles. The lowest BCUT2D eigenvalue weighted by Gasteiger charge is -2.25.